The molecule has 3 N–H and O–H groups in total. The van der Waals surface area contributed by atoms with E-state index >= 15 is 0 Å². The monoisotopic (exact) mass is 104 g/mol. The first-order valence-corrected chi connectivity index (χ1v) is 2.14. The normalized spacial score (nSPS) is 10.3. The largest absolute Gasteiger partial charge is 0.395 e. The van der Waals surface area contributed by atoms with Crippen molar-refractivity contribution >= 4 is 0 Å². The molecule has 0 spiro atoms. The van der Waals surface area contributed by atoms with Crippen LogP contribution < -0.4 is 5.32 Å². The summed E-state index contributed by atoms with van der Waals surface area (Å²) in [4.78, 5) is 0. The second-order valence-electron chi connectivity index (χ2n) is 1.24. The van der Waals surface area contributed by atoms with Crippen molar-refractivity contribution in [2.45, 2.75) is 6.92 Å². The molecule has 0 aromatic carbocycles. The van der Waals surface area contributed by atoms with Crippen LogP contribution in [0.1, 0.15) is 6.92 Å². The Morgan fingerprint density at radius 2 is 2.29 bits per heavy atom. The molecule has 0 fully saturated rings. The third kappa shape index (κ3) is 5.88. The fourth-order valence-electron chi connectivity index (χ4n) is 0.237. The number of hydrogen-bond acceptors (Lipinski definition) is 3. The van der Waals surface area contributed by atoms with Crippen LogP contribution in [0.4, 0.5) is 0 Å². The van der Waals surface area contributed by atoms with Crippen molar-refractivity contribution in [1.29, 1.82) is 0 Å². The zero-order valence-electron chi connectivity index (χ0n) is 4.31. The lowest BCUT2D eigenvalue weighted by atomic mass is 10.6. The molecule has 0 bridgehead atoms. The summed E-state index contributed by atoms with van der Waals surface area (Å²) >= 11 is 0. The first-order chi connectivity index (χ1) is 3.27. The van der Waals surface area contributed by atoms with Gasteiger partial charge < -0.3 is 10.2 Å². The Morgan fingerprint density at radius 3 is 2.43 bits per heavy atom. The predicted octanol–water partition coefficient (Wildman–Crippen LogP) is -0.550. The van der Waals surface area contributed by atoms with E-state index in [1.807, 2.05) is 0 Å². The standard InChI is InChI=1S/C4H10NO2/c1-4(7)5-2-3-6/h5-7H,2-3H2,1H3. The zero-order valence-corrected chi connectivity index (χ0v) is 4.31. The summed E-state index contributed by atoms with van der Waals surface area (Å²) in [6.45, 7) is 2.00. The maximum Gasteiger partial charge on any atom is 0.155 e. The lowest BCUT2D eigenvalue weighted by molar-refractivity contribution is 0.237. The Balaban J connectivity index is 2.68. The molecule has 3 heteroatoms. The molecule has 0 saturated carbocycles. The molecule has 1 radical (unpaired) electrons. The molecule has 0 aliphatic carbocycles. The Kier molecular flexibility index (Phi) is 3.98. The van der Waals surface area contributed by atoms with E-state index in [0.29, 0.717) is 6.54 Å². The summed E-state index contributed by atoms with van der Waals surface area (Å²) < 4.78 is 0. The molecule has 0 rings (SSSR count). The quantitative estimate of drug-likeness (QED) is 0.450. The van der Waals surface area contributed by atoms with Gasteiger partial charge in [-0.25, -0.2) is 0 Å². The van der Waals surface area contributed by atoms with Gasteiger partial charge in [0, 0.05) is 6.54 Å². The van der Waals surface area contributed by atoms with E-state index in [1.165, 1.54) is 6.92 Å². The van der Waals surface area contributed by atoms with Gasteiger partial charge in [-0.1, -0.05) is 0 Å². The topological polar surface area (TPSA) is 52.5 Å². The minimum Gasteiger partial charge on any atom is -0.395 e. The lowest BCUT2D eigenvalue weighted by Gasteiger charge is -2.00. The SMILES string of the molecule is C[C](O)NCCO. The Hall–Kier alpha value is -0.120. The molecule has 0 unspecified atom stereocenters. The van der Waals surface area contributed by atoms with Crippen molar-refractivity contribution < 1.29 is 10.2 Å². The second-order valence-corrected chi connectivity index (χ2v) is 1.24. The van der Waals surface area contributed by atoms with E-state index in [9.17, 15) is 0 Å². The third-order valence-electron chi connectivity index (χ3n) is 0.493. The number of aliphatic hydroxyl groups is 2. The van der Waals surface area contributed by atoms with E-state index in [0.717, 1.165) is 0 Å². The Bertz CT molecular complexity index is 38.7. The minimum absolute atomic E-state index is 0.0535. The Morgan fingerprint density at radius 1 is 1.71 bits per heavy atom. The summed E-state index contributed by atoms with van der Waals surface area (Å²) in [6.07, 6.45) is 0.147. The average molecular weight is 104 g/mol. The fraction of sp³-hybridized carbons (Fsp3) is 0.750. The molecule has 7 heavy (non-hydrogen) atoms. The zero-order chi connectivity index (χ0) is 5.70. The molecule has 0 amide bonds. The molecule has 0 saturated heterocycles. The molecule has 0 aliphatic heterocycles. The van der Waals surface area contributed by atoms with Crippen molar-refractivity contribution in [3.63, 3.8) is 0 Å². The molecule has 0 aromatic rings. The first kappa shape index (κ1) is 6.88. The smallest absolute Gasteiger partial charge is 0.155 e. The van der Waals surface area contributed by atoms with Gasteiger partial charge in [-0.05, 0) is 6.92 Å². The summed E-state index contributed by atoms with van der Waals surface area (Å²) in [5.74, 6) is 0. The van der Waals surface area contributed by atoms with Crippen LogP contribution in [0.5, 0.6) is 0 Å². The van der Waals surface area contributed by atoms with Crippen molar-refractivity contribution in [3.05, 3.63) is 6.23 Å². The van der Waals surface area contributed by atoms with Crippen molar-refractivity contribution in [3.8, 4) is 0 Å². The number of rotatable bonds is 3. The molecular formula is C4H10NO2. The van der Waals surface area contributed by atoms with Gasteiger partial charge >= 0.3 is 0 Å². The van der Waals surface area contributed by atoms with Crippen LogP contribution in [0.25, 0.3) is 0 Å². The van der Waals surface area contributed by atoms with Gasteiger partial charge in [-0.2, -0.15) is 0 Å². The third-order valence-corrected chi connectivity index (χ3v) is 0.493. The van der Waals surface area contributed by atoms with Gasteiger partial charge in [0.1, 0.15) is 0 Å². The summed E-state index contributed by atoms with van der Waals surface area (Å²) in [7, 11) is 0. The number of aliphatic hydroxyl groups excluding tert-OH is 2. The molecule has 0 heterocycles. The fourth-order valence-corrected chi connectivity index (χ4v) is 0.237. The van der Waals surface area contributed by atoms with E-state index in [-0.39, 0.29) is 12.8 Å². The predicted molar refractivity (Wildman–Crippen MR) is 25.9 cm³/mol. The average Bonchev–Trinajstić information content (AvgIpc) is 1.61. The highest BCUT2D eigenvalue weighted by Gasteiger charge is 1.89. The van der Waals surface area contributed by atoms with Crippen LogP contribution >= 0.6 is 0 Å². The Labute approximate surface area is 43.0 Å². The second kappa shape index (κ2) is 4.05. The molecular weight excluding hydrogens is 94.0 g/mol. The number of nitrogens with one attached hydrogen (secondary N) is 1. The van der Waals surface area contributed by atoms with E-state index in [4.69, 9.17) is 10.2 Å². The van der Waals surface area contributed by atoms with Crippen LogP contribution in [0.15, 0.2) is 0 Å². The van der Waals surface area contributed by atoms with E-state index < -0.39 is 0 Å². The lowest BCUT2D eigenvalue weighted by Crippen LogP contribution is -2.21. The highest BCUT2D eigenvalue weighted by atomic mass is 16.3. The molecule has 43 valence electrons. The molecule has 0 aliphatic rings. The van der Waals surface area contributed by atoms with Crippen LogP contribution in [-0.4, -0.2) is 23.4 Å². The van der Waals surface area contributed by atoms with E-state index in [1.54, 1.807) is 0 Å². The van der Waals surface area contributed by atoms with Gasteiger partial charge in [0.05, 0.1) is 6.61 Å². The highest BCUT2D eigenvalue weighted by Crippen LogP contribution is 1.77. The van der Waals surface area contributed by atoms with Crippen LogP contribution in [-0.2, 0) is 0 Å². The molecule has 0 atom stereocenters. The van der Waals surface area contributed by atoms with Gasteiger partial charge in [0.15, 0.2) is 6.23 Å². The van der Waals surface area contributed by atoms with Crippen molar-refractivity contribution in [2.75, 3.05) is 13.2 Å². The van der Waals surface area contributed by atoms with Gasteiger partial charge in [0.25, 0.3) is 0 Å². The van der Waals surface area contributed by atoms with Gasteiger partial charge in [-0.3, -0.25) is 5.32 Å². The van der Waals surface area contributed by atoms with Crippen LogP contribution in [0, 0.1) is 6.23 Å². The van der Waals surface area contributed by atoms with Gasteiger partial charge in [0.2, 0.25) is 0 Å². The van der Waals surface area contributed by atoms with Crippen LogP contribution in [0.2, 0.25) is 0 Å². The van der Waals surface area contributed by atoms with Gasteiger partial charge in [-0.15, -0.1) is 0 Å². The molecule has 3 nitrogen and oxygen atoms in total. The minimum atomic E-state index is 0.0535. The van der Waals surface area contributed by atoms with Crippen molar-refractivity contribution in [2.24, 2.45) is 0 Å². The maximum absolute atomic E-state index is 8.38. The first-order valence-electron chi connectivity index (χ1n) is 2.14. The van der Waals surface area contributed by atoms with Crippen molar-refractivity contribution in [1.82, 2.24) is 5.32 Å². The highest BCUT2D eigenvalue weighted by molar-refractivity contribution is 4.61. The number of hydrogen-bond donors (Lipinski definition) is 3. The summed E-state index contributed by atoms with van der Waals surface area (Å²) in [5.41, 5.74) is 0. The summed E-state index contributed by atoms with van der Waals surface area (Å²) in [6, 6.07) is 0. The van der Waals surface area contributed by atoms with Crippen LogP contribution in [0.3, 0.4) is 0 Å². The van der Waals surface area contributed by atoms with E-state index in [2.05, 4.69) is 5.32 Å². The molecule has 0 aromatic heterocycles. The maximum atomic E-state index is 8.38. The summed E-state index contributed by atoms with van der Waals surface area (Å²) in [5, 5.41) is 19.0.